The van der Waals surface area contributed by atoms with Crippen molar-refractivity contribution in [3.63, 3.8) is 0 Å². The number of carbonyl (C=O) groups is 1. The number of amides is 1. The second-order valence-electron chi connectivity index (χ2n) is 8.12. The number of rotatable bonds is 5. The van der Waals surface area contributed by atoms with E-state index < -0.39 is 0 Å². The van der Waals surface area contributed by atoms with Crippen LogP contribution in [0.1, 0.15) is 25.3 Å². The van der Waals surface area contributed by atoms with Crippen LogP contribution in [0.3, 0.4) is 0 Å². The molecule has 2 fully saturated rings. The highest BCUT2D eigenvalue weighted by molar-refractivity contribution is 5.82. The zero-order chi connectivity index (χ0) is 18.6. The molecule has 27 heavy (non-hydrogen) atoms. The molecular formula is C22H29N3O2. The second-order valence-corrected chi connectivity index (χ2v) is 8.12. The van der Waals surface area contributed by atoms with Gasteiger partial charge in [0, 0.05) is 17.5 Å². The van der Waals surface area contributed by atoms with Crippen LogP contribution < -0.4 is 5.32 Å². The van der Waals surface area contributed by atoms with Crippen molar-refractivity contribution in [3.8, 4) is 0 Å². The average molecular weight is 367 g/mol. The van der Waals surface area contributed by atoms with Crippen LogP contribution in [-0.2, 0) is 16.0 Å². The van der Waals surface area contributed by atoms with Crippen LogP contribution in [0.15, 0.2) is 36.5 Å². The quantitative estimate of drug-likeness (QED) is 0.883. The van der Waals surface area contributed by atoms with Crippen LogP contribution >= 0.6 is 0 Å². The highest BCUT2D eigenvalue weighted by Gasteiger charge is 2.30. The van der Waals surface area contributed by atoms with E-state index in [1.54, 1.807) is 0 Å². The summed E-state index contributed by atoms with van der Waals surface area (Å²) in [6.07, 6.45) is 5.16. The lowest BCUT2D eigenvalue weighted by atomic mass is 9.93. The van der Waals surface area contributed by atoms with Gasteiger partial charge in [-0.2, -0.15) is 0 Å². The first-order valence-corrected chi connectivity index (χ1v) is 10.1. The average Bonchev–Trinajstić information content (AvgIpc) is 3.10. The molecule has 2 aliphatic rings. The minimum absolute atomic E-state index is 0.0909. The van der Waals surface area contributed by atoms with Gasteiger partial charge in [-0.25, -0.2) is 0 Å². The highest BCUT2D eigenvalue weighted by Crippen LogP contribution is 2.24. The van der Waals surface area contributed by atoms with Gasteiger partial charge in [0.25, 0.3) is 0 Å². The number of likely N-dealkylation sites (tertiary alicyclic amines) is 1. The third kappa shape index (κ3) is 4.47. The number of benzene rings is 1. The van der Waals surface area contributed by atoms with Gasteiger partial charge in [-0.1, -0.05) is 25.1 Å². The minimum atomic E-state index is 0.0909. The molecule has 3 heterocycles. The summed E-state index contributed by atoms with van der Waals surface area (Å²) in [6, 6.07) is 10.4. The van der Waals surface area contributed by atoms with Gasteiger partial charge < -0.3 is 10.1 Å². The van der Waals surface area contributed by atoms with Crippen molar-refractivity contribution in [1.82, 2.24) is 15.2 Å². The number of fused-ring (bicyclic) bond motifs is 1. The zero-order valence-corrected chi connectivity index (χ0v) is 16.1. The van der Waals surface area contributed by atoms with Crippen molar-refractivity contribution in [1.29, 1.82) is 0 Å². The van der Waals surface area contributed by atoms with Gasteiger partial charge in [0.15, 0.2) is 0 Å². The number of para-hydroxylation sites is 1. The molecule has 0 saturated carbocycles. The van der Waals surface area contributed by atoms with Gasteiger partial charge in [0.1, 0.15) is 0 Å². The first kappa shape index (κ1) is 18.4. The Morgan fingerprint density at radius 2 is 2.04 bits per heavy atom. The highest BCUT2D eigenvalue weighted by atomic mass is 16.5. The van der Waals surface area contributed by atoms with E-state index in [-0.39, 0.29) is 11.9 Å². The maximum Gasteiger partial charge on any atom is 0.234 e. The second kappa shape index (κ2) is 8.36. The summed E-state index contributed by atoms with van der Waals surface area (Å²) in [5.41, 5.74) is 2.30. The Labute approximate surface area is 161 Å². The molecule has 0 radical (unpaired) electrons. The van der Waals surface area contributed by atoms with Crippen LogP contribution in [0.2, 0.25) is 0 Å². The summed E-state index contributed by atoms with van der Waals surface area (Å²) in [5.74, 6) is 1.22. The standard InChI is InChI=1S/C22H29N3O2/c1-16-7-10-25(11-8-16)13-22(26)24-21-15-27-14-18(21)12-17-6-9-23-20-5-3-2-4-19(17)20/h2-6,9,16,18,21H,7-8,10-15H2,1H3,(H,24,26)/t18-,21-/m1/s1. The molecule has 0 spiro atoms. The van der Waals surface area contributed by atoms with Gasteiger partial charge in [-0.05, 0) is 56.0 Å². The van der Waals surface area contributed by atoms with Gasteiger partial charge in [0.05, 0.1) is 31.3 Å². The Morgan fingerprint density at radius 1 is 1.22 bits per heavy atom. The number of piperidine rings is 1. The minimum Gasteiger partial charge on any atom is -0.379 e. The molecule has 5 heteroatoms. The van der Waals surface area contributed by atoms with Crippen LogP contribution in [0.25, 0.3) is 10.9 Å². The number of ether oxygens (including phenoxy) is 1. The maximum absolute atomic E-state index is 12.5. The Morgan fingerprint density at radius 3 is 2.89 bits per heavy atom. The fraction of sp³-hybridized carbons (Fsp3) is 0.545. The van der Waals surface area contributed by atoms with E-state index >= 15 is 0 Å². The normalized spacial score (nSPS) is 24.3. The monoisotopic (exact) mass is 367 g/mol. The van der Waals surface area contributed by atoms with Crippen molar-refractivity contribution >= 4 is 16.8 Å². The van der Waals surface area contributed by atoms with Gasteiger partial charge in [0.2, 0.25) is 5.91 Å². The van der Waals surface area contributed by atoms with Crippen LogP contribution in [-0.4, -0.2) is 54.7 Å². The molecule has 1 amide bonds. The van der Waals surface area contributed by atoms with E-state index in [1.165, 1.54) is 23.8 Å². The molecule has 0 bridgehead atoms. The predicted molar refractivity (Wildman–Crippen MR) is 107 cm³/mol. The van der Waals surface area contributed by atoms with E-state index in [0.29, 0.717) is 25.7 Å². The molecular weight excluding hydrogens is 338 g/mol. The fourth-order valence-electron chi connectivity index (χ4n) is 4.25. The molecule has 5 nitrogen and oxygen atoms in total. The lowest BCUT2D eigenvalue weighted by molar-refractivity contribution is -0.123. The molecule has 0 aliphatic carbocycles. The Kier molecular flexibility index (Phi) is 5.69. The van der Waals surface area contributed by atoms with Gasteiger partial charge >= 0.3 is 0 Å². The summed E-state index contributed by atoms with van der Waals surface area (Å²) in [5, 5.41) is 4.43. The van der Waals surface area contributed by atoms with Crippen molar-refractivity contribution in [2.45, 2.75) is 32.2 Å². The predicted octanol–water partition coefficient (Wildman–Crippen LogP) is 2.64. The summed E-state index contributed by atoms with van der Waals surface area (Å²) < 4.78 is 5.71. The number of hydrogen-bond acceptors (Lipinski definition) is 4. The molecule has 2 aromatic rings. The zero-order valence-electron chi connectivity index (χ0n) is 16.1. The lowest BCUT2D eigenvalue weighted by Crippen LogP contribution is -2.47. The number of aromatic nitrogens is 1. The third-order valence-electron chi connectivity index (χ3n) is 6.01. The fourth-order valence-corrected chi connectivity index (χ4v) is 4.25. The van der Waals surface area contributed by atoms with E-state index in [9.17, 15) is 4.79 Å². The van der Waals surface area contributed by atoms with Crippen molar-refractivity contribution < 1.29 is 9.53 Å². The molecule has 2 aliphatic heterocycles. The summed E-state index contributed by atoms with van der Waals surface area (Å²) in [4.78, 5) is 19.3. The smallest absolute Gasteiger partial charge is 0.234 e. The molecule has 1 aromatic heterocycles. The van der Waals surface area contributed by atoms with Crippen LogP contribution in [0.4, 0.5) is 0 Å². The first-order chi connectivity index (χ1) is 13.2. The van der Waals surface area contributed by atoms with E-state index in [1.807, 2.05) is 18.3 Å². The lowest BCUT2D eigenvalue weighted by Gasteiger charge is -2.30. The molecule has 2 atom stereocenters. The summed E-state index contributed by atoms with van der Waals surface area (Å²) >= 11 is 0. The molecule has 144 valence electrons. The van der Waals surface area contributed by atoms with E-state index in [0.717, 1.165) is 30.9 Å². The molecule has 2 saturated heterocycles. The summed E-state index contributed by atoms with van der Waals surface area (Å²) in [7, 11) is 0. The number of carbonyl (C=O) groups excluding carboxylic acids is 1. The van der Waals surface area contributed by atoms with Crippen LogP contribution in [0.5, 0.6) is 0 Å². The van der Waals surface area contributed by atoms with E-state index in [4.69, 9.17) is 4.74 Å². The van der Waals surface area contributed by atoms with Gasteiger partial charge in [-0.15, -0.1) is 0 Å². The molecule has 1 N–H and O–H groups in total. The largest absolute Gasteiger partial charge is 0.379 e. The van der Waals surface area contributed by atoms with Gasteiger partial charge in [-0.3, -0.25) is 14.7 Å². The topological polar surface area (TPSA) is 54.5 Å². The van der Waals surface area contributed by atoms with E-state index in [2.05, 4.69) is 40.3 Å². The summed E-state index contributed by atoms with van der Waals surface area (Å²) in [6.45, 7) is 6.17. The number of pyridine rings is 1. The van der Waals surface area contributed by atoms with Crippen molar-refractivity contribution in [2.24, 2.45) is 11.8 Å². The third-order valence-corrected chi connectivity index (χ3v) is 6.01. The van der Waals surface area contributed by atoms with Crippen molar-refractivity contribution in [3.05, 3.63) is 42.1 Å². The Balaban J connectivity index is 1.36. The number of nitrogens with zero attached hydrogens (tertiary/aromatic N) is 2. The number of hydrogen-bond donors (Lipinski definition) is 1. The maximum atomic E-state index is 12.5. The first-order valence-electron chi connectivity index (χ1n) is 10.1. The number of nitrogens with one attached hydrogen (secondary N) is 1. The SMILES string of the molecule is CC1CCN(CC(=O)N[C@@H]2COC[C@H]2Cc2ccnc3ccccc23)CC1. The molecule has 1 aromatic carbocycles. The Bertz CT molecular complexity index is 781. The van der Waals surface area contributed by atoms with Crippen LogP contribution in [0, 0.1) is 11.8 Å². The molecule has 0 unspecified atom stereocenters. The molecule has 4 rings (SSSR count). The van der Waals surface area contributed by atoms with Crippen molar-refractivity contribution in [2.75, 3.05) is 32.8 Å². The Hall–Kier alpha value is -1.98.